The third-order valence-corrected chi connectivity index (χ3v) is 4.50. The van der Waals surface area contributed by atoms with Crippen LogP contribution in [0.15, 0.2) is 48.5 Å². The summed E-state index contributed by atoms with van der Waals surface area (Å²) in [6.07, 6.45) is 0.637. The third kappa shape index (κ3) is 7.24. The number of aryl methyl sites for hydroxylation is 1. The minimum absolute atomic E-state index is 0.126. The lowest BCUT2D eigenvalue weighted by atomic mass is 10.0. The standard InChI is InChI=1S/C23H29N3O4/c1-15(2)13-20(22(28)30-4)25-21(27)14-17-9-11-18(12-10-17)24-23(29)26-19-8-6-5-7-16(19)3/h5-12,15,20H,13-14H2,1-4H3,(H,25,27)(H2,24,26,29)/t20-/m0/s1. The molecule has 2 aromatic rings. The maximum Gasteiger partial charge on any atom is 0.328 e. The number of para-hydroxylation sites is 1. The monoisotopic (exact) mass is 411 g/mol. The average molecular weight is 412 g/mol. The number of ether oxygens (including phenoxy) is 1. The quantitative estimate of drug-likeness (QED) is 0.574. The summed E-state index contributed by atoms with van der Waals surface area (Å²) in [5.41, 5.74) is 3.09. The van der Waals surface area contributed by atoms with Crippen molar-refractivity contribution in [2.75, 3.05) is 17.7 Å². The van der Waals surface area contributed by atoms with E-state index in [9.17, 15) is 14.4 Å². The molecule has 0 saturated carbocycles. The first-order valence-electron chi connectivity index (χ1n) is 9.88. The zero-order valence-electron chi connectivity index (χ0n) is 17.8. The molecule has 3 amide bonds. The molecule has 0 aromatic heterocycles. The number of methoxy groups -OCH3 is 1. The molecule has 2 aromatic carbocycles. The molecule has 7 nitrogen and oxygen atoms in total. The van der Waals surface area contributed by atoms with Gasteiger partial charge in [0.2, 0.25) is 5.91 Å². The second kappa shape index (κ2) is 11.0. The van der Waals surface area contributed by atoms with Crippen LogP contribution in [0.25, 0.3) is 0 Å². The van der Waals surface area contributed by atoms with Gasteiger partial charge in [0.05, 0.1) is 13.5 Å². The van der Waals surface area contributed by atoms with Crippen LogP contribution in [-0.2, 0) is 20.7 Å². The Balaban J connectivity index is 1.90. The van der Waals surface area contributed by atoms with Crippen LogP contribution < -0.4 is 16.0 Å². The van der Waals surface area contributed by atoms with Crippen molar-refractivity contribution < 1.29 is 19.1 Å². The van der Waals surface area contributed by atoms with Crippen LogP contribution in [0.5, 0.6) is 0 Å². The van der Waals surface area contributed by atoms with E-state index in [0.29, 0.717) is 12.1 Å². The van der Waals surface area contributed by atoms with E-state index in [1.807, 2.05) is 45.0 Å². The Morgan fingerprint density at radius 1 is 0.967 bits per heavy atom. The van der Waals surface area contributed by atoms with Crippen LogP contribution in [0, 0.1) is 12.8 Å². The van der Waals surface area contributed by atoms with E-state index >= 15 is 0 Å². The molecule has 0 aliphatic carbocycles. The fourth-order valence-electron chi connectivity index (χ4n) is 2.96. The van der Waals surface area contributed by atoms with Gasteiger partial charge in [-0.25, -0.2) is 9.59 Å². The zero-order valence-corrected chi connectivity index (χ0v) is 17.8. The molecule has 160 valence electrons. The molecule has 7 heteroatoms. The molecule has 0 fully saturated rings. The summed E-state index contributed by atoms with van der Waals surface area (Å²) in [5.74, 6) is -0.467. The van der Waals surface area contributed by atoms with Gasteiger partial charge in [0.25, 0.3) is 0 Å². The number of anilines is 2. The Kier molecular flexibility index (Phi) is 8.41. The van der Waals surface area contributed by atoms with E-state index in [1.165, 1.54) is 7.11 Å². The highest BCUT2D eigenvalue weighted by Crippen LogP contribution is 2.15. The predicted molar refractivity (Wildman–Crippen MR) is 117 cm³/mol. The Morgan fingerprint density at radius 2 is 1.63 bits per heavy atom. The maximum absolute atomic E-state index is 12.3. The molecule has 0 saturated heterocycles. The van der Waals surface area contributed by atoms with Gasteiger partial charge in [0.15, 0.2) is 0 Å². The lowest BCUT2D eigenvalue weighted by molar-refractivity contribution is -0.145. The zero-order chi connectivity index (χ0) is 22.1. The van der Waals surface area contributed by atoms with Gasteiger partial charge in [-0.3, -0.25) is 4.79 Å². The SMILES string of the molecule is COC(=O)[C@H](CC(C)C)NC(=O)Cc1ccc(NC(=O)Nc2ccccc2C)cc1. The van der Waals surface area contributed by atoms with Crippen molar-refractivity contribution in [1.82, 2.24) is 5.32 Å². The first-order valence-corrected chi connectivity index (χ1v) is 9.88. The third-order valence-electron chi connectivity index (χ3n) is 4.50. The molecule has 0 heterocycles. The minimum atomic E-state index is -0.659. The van der Waals surface area contributed by atoms with E-state index in [4.69, 9.17) is 4.74 Å². The number of carbonyl (C=O) groups is 3. The maximum atomic E-state index is 12.3. The smallest absolute Gasteiger partial charge is 0.328 e. The number of nitrogens with one attached hydrogen (secondary N) is 3. The van der Waals surface area contributed by atoms with Crippen molar-refractivity contribution in [3.05, 3.63) is 59.7 Å². The van der Waals surface area contributed by atoms with Crippen molar-refractivity contribution in [3.63, 3.8) is 0 Å². The van der Waals surface area contributed by atoms with Gasteiger partial charge >= 0.3 is 12.0 Å². The van der Waals surface area contributed by atoms with Gasteiger partial charge < -0.3 is 20.7 Å². The lowest BCUT2D eigenvalue weighted by Crippen LogP contribution is -2.43. The summed E-state index contributed by atoms with van der Waals surface area (Å²) < 4.78 is 4.77. The topological polar surface area (TPSA) is 96.5 Å². The number of esters is 1. The molecule has 2 rings (SSSR count). The second-order valence-electron chi connectivity index (χ2n) is 7.54. The van der Waals surface area contributed by atoms with Crippen LogP contribution >= 0.6 is 0 Å². The molecule has 0 spiro atoms. The number of rotatable bonds is 8. The Labute approximate surface area is 177 Å². The number of hydrogen-bond acceptors (Lipinski definition) is 4. The number of hydrogen-bond donors (Lipinski definition) is 3. The lowest BCUT2D eigenvalue weighted by Gasteiger charge is -2.18. The number of urea groups is 1. The van der Waals surface area contributed by atoms with E-state index in [0.717, 1.165) is 16.8 Å². The first kappa shape index (κ1) is 22.9. The predicted octanol–water partition coefficient (Wildman–Crippen LogP) is 3.89. The van der Waals surface area contributed by atoms with Gasteiger partial charge in [0, 0.05) is 11.4 Å². The van der Waals surface area contributed by atoms with E-state index in [2.05, 4.69) is 16.0 Å². The van der Waals surface area contributed by atoms with Crippen molar-refractivity contribution in [2.24, 2.45) is 5.92 Å². The molecule has 0 radical (unpaired) electrons. The summed E-state index contributed by atoms with van der Waals surface area (Å²) in [6, 6.07) is 13.5. The molecular formula is C23H29N3O4. The largest absolute Gasteiger partial charge is 0.467 e. The normalized spacial score (nSPS) is 11.5. The second-order valence-corrected chi connectivity index (χ2v) is 7.54. The Hall–Kier alpha value is -3.35. The summed E-state index contributed by atoms with van der Waals surface area (Å²) >= 11 is 0. The fourth-order valence-corrected chi connectivity index (χ4v) is 2.96. The summed E-state index contributed by atoms with van der Waals surface area (Å²) in [4.78, 5) is 36.3. The van der Waals surface area contributed by atoms with Gasteiger partial charge in [-0.15, -0.1) is 0 Å². The number of carbonyl (C=O) groups excluding carboxylic acids is 3. The van der Waals surface area contributed by atoms with E-state index in [-0.39, 0.29) is 24.3 Å². The van der Waals surface area contributed by atoms with Gasteiger partial charge in [-0.1, -0.05) is 44.2 Å². The van der Waals surface area contributed by atoms with Gasteiger partial charge in [0.1, 0.15) is 6.04 Å². The highest BCUT2D eigenvalue weighted by molar-refractivity contribution is 6.00. The van der Waals surface area contributed by atoms with Crippen LogP contribution in [0.3, 0.4) is 0 Å². The molecule has 1 atom stereocenters. The van der Waals surface area contributed by atoms with Gasteiger partial charge in [-0.2, -0.15) is 0 Å². The van der Waals surface area contributed by atoms with E-state index < -0.39 is 12.0 Å². The van der Waals surface area contributed by atoms with Crippen LogP contribution in [0.4, 0.5) is 16.2 Å². The highest BCUT2D eigenvalue weighted by atomic mass is 16.5. The summed E-state index contributed by atoms with van der Waals surface area (Å²) in [7, 11) is 1.31. The van der Waals surface area contributed by atoms with Crippen LogP contribution in [0.1, 0.15) is 31.4 Å². The Morgan fingerprint density at radius 3 is 2.23 bits per heavy atom. The highest BCUT2D eigenvalue weighted by Gasteiger charge is 2.22. The number of benzene rings is 2. The molecule has 0 aliphatic rings. The molecular weight excluding hydrogens is 382 g/mol. The average Bonchev–Trinajstić information content (AvgIpc) is 2.69. The minimum Gasteiger partial charge on any atom is -0.467 e. The van der Waals surface area contributed by atoms with E-state index in [1.54, 1.807) is 24.3 Å². The Bertz CT molecular complexity index is 878. The molecule has 0 unspecified atom stereocenters. The molecule has 3 N–H and O–H groups in total. The van der Waals surface area contributed by atoms with Crippen molar-refractivity contribution >= 4 is 29.3 Å². The van der Waals surface area contributed by atoms with Gasteiger partial charge in [-0.05, 0) is 48.6 Å². The van der Waals surface area contributed by atoms with Crippen LogP contribution in [-0.4, -0.2) is 31.1 Å². The molecule has 30 heavy (non-hydrogen) atoms. The molecule has 0 bridgehead atoms. The molecule has 0 aliphatic heterocycles. The van der Waals surface area contributed by atoms with Crippen molar-refractivity contribution in [3.8, 4) is 0 Å². The van der Waals surface area contributed by atoms with Crippen LogP contribution in [0.2, 0.25) is 0 Å². The fraction of sp³-hybridized carbons (Fsp3) is 0.348. The first-order chi connectivity index (χ1) is 14.3. The van der Waals surface area contributed by atoms with Crippen molar-refractivity contribution in [2.45, 2.75) is 39.7 Å². The summed E-state index contributed by atoms with van der Waals surface area (Å²) in [5, 5.41) is 8.30. The van der Waals surface area contributed by atoms with Crippen molar-refractivity contribution in [1.29, 1.82) is 0 Å². The summed E-state index contributed by atoms with van der Waals surface area (Å²) in [6.45, 7) is 5.87. The number of amides is 3.